The van der Waals surface area contributed by atoms with Crippen LogP contribution in [0.25, 0.3) is 17.1 Å². The molecule has 2 unspecified atom stereocenters. The van der Waals surface area contributed by atoms with E-state index in [1.807, 2.05) is 13.0 Å². The maximum Gasteiger partial charge on any atom is 0.243 e. The second-order valence-corrected chi connectivity index (χ2v) is 10.4. The monoisotopic (exact) mass is 525 g/mol. The lowest BCUT2D eigenvalue weighted by molar-refractivity contribution is 0.171. The molecule has 12 nitrogen and oxygen atoms in total. The molecule has 194 valence electrons. The summed E-state index contributed by atoms with van der Waals surface area (Å²) in [6, 6.07) is 6.99. The summed E-state index contributed by atoms with van der Waals surface area (Å²) in [7, 11) is -1.23. The zero-order valence-corrected chi connectivity index (χ0v) is 21.8. The van der Waals surface area contributed by atoms with Crippen LogP contribution in [-0.4, -0.2) is 62.7 Å². The molecule has 13 heteroatoms. The van der Waals surface area contributed by atoms with Crippen molar-refractivity contribution in [3.8, 4) is 28.6 Å². The maximum atomic E-state index is 13.4. The second kappa shape index (κ2) is 10.5. The highest BCUT2D eigenvalue weighted by molar-refractivity contribution is 7.93. The molecule has 0 radical (unpaired) electrons. The van der Waals surface area contributed by atoms with E-state index in [1.165, 1.54) is 38.1 Å². The number of methoxy groups -OCH3 is 2. The normalized spacial score (nSPS) is 13.1. The predicted octanol–water partition coefficient (Wildman–Crippen LogP) is 2.62. The molecule has 0 spiro atoms. The lowest BCUT2D eigenvalue weighted by Gasteiger charge is -2.21. The summed E-state index contributed by atoms with van der Waals surface area (Å²) < 4.78 is 41.9. The largest absolute Gasteiger partial charge is 0.494 e. The summed E-state index contributed by atoms with van der Waals surface area (Å²) in [5.41, 5.74) is 2.61. The highest BCUT2D eigenvalue weighted by Gasteiger charge is 2.33. The van der Waals surface area contributed by atoms with Crippen molar-refractivity contribution in [3.05, 3.63) is 66.0 Å². The van der Waals surface area contributed by atoms with E-state index in [0.717, 1.165) is 5.56 Å². The first kappa shape index (κ1) is 26.0. The van der Waals surface area contributed by atoms with Gasteiger partial charge in [-0.2, -0.15) is 0 Å². The zero-order chi connectivity index (χ0) is 26.7. The molecule has 4 aromatic rings. The molecule has 2 N–H and O–H groups in total. The number of rotatable bonds is 9. The Kier molecular flexibility index (Phi) is 7.36. The third-order valence-electron chi connectivity index (χ3n) is 5.69. The second-order valence-electron chi connectivity index (χ2n) is 8.32. The molecule has 0 aliphatic carbocycles. The number of sulfonamides is 1. The number of nitrogens with one attached hydrogen (secondary N) is 1. The molecular formula is C24H27N7O5S. The fourth-order valence-electron chi connectivity index (χ4n) is 3.66. The number of hydrogen-bond donors (Lipinski definition) is 2. The van der Waals surface area contributed by atoms with E-state index in [2.05, 4.69) is 29.9 Å². The standard InChI is InChI=1S/C24H27N7O5S/c1-14-9-17(12-25-10-14)23-28-29-24(31(23)21-19(35-4)7-6-8-20(21)36-5)30-37(33,34)16(3)22(32)18-13-26-15(2)11-27-18/h6-13,16,22,32H,1-5H3,(H,29,30). The first-order valence-corrected chi connectivity index (χ1v) is 12.8. The van der Waals surface area contributed by atoms with Crippen LogP contribution in [0.15, 0.2) is 49.1 Å². The van der Waals surface area contributed by atoms with E-state index >= 15 is 0 Å². The van der Waals surface area contributed by atoms with Crippen LogP contribution >= 0.6 is 0 Å². The quantitative estimate of drug-likeness (QED) is 0.333. The SMILES string of the molecule is COc1cccc(OC)c1-n1c(NS(=O)(=O)C(C)C(O)c2cnc(C)cn2)nnc1-c1cncc(C)c1. The van der Waals surface area contributed by atoms with Crippen molar-refractivity contribution in [2.24, 2.45) is 0 Å². The molecule has 0 aliphatic heterocycles. The maximum absolute atomic E-state index is 13.4. The Hall–Kier alpha value is -4.10. The van der Waals surface area contributed by atoms with Gasteiger partial charge in [0, 0.05) is 24.2 Å². The van der Waals surface area contributed by atoms with Gasteiger partial charge in [0.25, 0.3) is 0 Å². The van der Waals surface area contributed by atoms with Gasteiger partial charge in [0.1, 0.15) is 28.5 Å². The summed E-state index contributed by atoms with van der Waals surface area (Å²) >= 11 is 0. The van der Waals surface area contributed by atoms with Crippen molar-refractivity contribution in [3.63, 3.8) is 0 Å². The van der Waals surface area contributed by atoms with Crippen LogP contribution < -0.4 is 14.2 Å². The predicted molar refractivity (Wildman–Crippen MR) is 136 cm³/mol. The lowest BCUT2D eigenvalue weighted by Crippen LogP contribution is -2.32. The minimum Gasteiger partial charge on any atom is -0.494 e. The van der Waals surface area contributed by atoms with Crippen LogP contribution in [0.3, 0.4) is 0 Å². The summed E-state index contributed by atoms with van der Waals surface area (Å²) in [6.07, 6.45) is 4.64. The van der Waals surface area contributed by atoms with Crippen LogP contribution in [0, 0.1) is 13.8 Å². The van der Waals surface area contributed by atoms with Gasteiger partial charge in [0.2, 0.25) is 16.0 Å². The Morgan fingerprint density at radius 1 is 1.00 bits per heavy atom. The molecule has 4 rings (SSSR count). The average molecular weight is 526 g/mol. The molecule has 3 aromatic heterocycles. The molecule has 0 saturated carbocycles. The van der Waals surface area contributed by atoms with E-state index in [0.29, 0.717) is 34.3 Å². The fourth-order valence-corrected chi connectivity index (χ4v) is 4.72. The molecule has 0 amide bonds. The van der Waals surface area contributed by atoms with Crippen molar-refractivity contribution in [1.29, 1.82) is 0 Å². The van der Waals surface area contributed by atoms with Gasteiger partial charge in [-0.15, -0.1) is 10.2 Å². The molecule has 0 fully saturated rings. The van der Waals surface area contributed by atoms with Gasteiger partial charge in [-0.25, -0.2) is 8.42 Å². The third-order valence-corrected chi connectivity index (χ3v) is 7.40. The molecule has 0 aliphatic rings. The lowest BCUT2D eigenvalue weighted by atomic mass is 10.2. The van der Waals surface area contributed by atoms with E-state index in [4.69, 9.17) is 9.47 Å². The molecule has 2 atom stereocenters. The van der Waals surface area contributed by atoms with E-state index in [1.54, 1.807) is 37.5 Å². The van der Waals surface area contributed by atoms with Crippen LogP contribution in [0.2, 0.25) is 0 Å². The molecule has 0 saturated heterocycles. The Morgan fingerprint density at radius 3 is 2.30 bits per heavy atom. The summed E-state index contributed by atoms with van der Waals surface area (Å²) in [5, 5.41) is 17.8. The van der Waals surface area contributed by atoms with Crippen molar-refractivity contribution >= 4 is 16.0 Å². The minimum absolute atomic E-state index is 0.128. The fraction of sp³-hybridized carbons (Fsp3) is 0.292. The van der Waals surface area contributed by atoms with Gasteiger partial charge in [-0.1, -0.05) is 6.07 Å². The molecule has 0 bridgehead atoms. The van der Waals surface area contributed by atoms with Gasteiger partial charge in [-0.3, -0.25) is 24.2 Å². The molecule has 37 heavy (non-hydrogen) atoms. The number of hydrogen-bond acceptors (Lipinski definition) is 10. The van der Waals surface area contributed by atoms with Crippen molar-refractivity contribution in [2.75, 3.05) is 18.9 Å². The number of anilines is 1. The average Bonchev–Trinajstić information content (AvgIpc) is 3.29. The van der Waals surface area contributed by atoms with Gasteiger partial charge in [0.15, 0.2) is 5.82 Å². The molecule has 3 heterocycles. The Bertz CT molecular complexity index is 1480. The summed E-state index contributed by atoms with van der Waals surface area (Å²) in [4.78, 5) is 12.4. The van der Waals surface area contributed by atoms with Gasteiger partial charge >= 0.3 is 0 Å². The van der Waals surface area contributed by atoms with Gasteiger partial charge in [0.05, 0.1) is 31.8 Å². The Balaban J connectivity index is 1.83. The third kappa shape index (κ3) is 5.22. The van der Waals surface area contributed by atoms with E-state index in [-0.39, 0.29) is 11.6 Å². The number of nitrogens with zero attached hydrogens (tertiary/aromatic N) is 6. The zero-order valence-electron chi connectivity index (χ0n) is 20.9. The number of aryl methyl sites for hydroxylation is 2. The number of benzene rings is 1. The van der Waals surface area contributed by atoms with Crippen LogP contribution in [0.4, 0.5) is 5.95 Å². The number of pyridine rings is 1. The molecule has 1 aromatic carbocycles. The van der Waals surface area contributed by atoms with Gasteiger partial charge in [-0.05, 0) is 44.5 Å². The summed E-state index contributed by atoms with van der Waals surface area (Å²) in [5.74, 6) is 0.955. The topological polar surface area (TPSA) is 154 Å². The Labute approximate surface area is 214 Å². The van der Waals surface area contributed by atoms with Crippen LogP contribution in [0.5, 0.6) is 11.5 Å². The Morgan fingerprint density at radius 2 is 1.70 bits per heavy atom. The van der Waals surface area contributed by atoms with E-state index < -0.39 is 21.4 Å². The van der Waals surface area contributed by atoms with Crippen LogP contribution in [-0.2, 0) is 10.0 Å². The smallest absolute Gasteiger partial charge is 0.243 e. The number of aliphatic hydroxyl groups excluding tert-OH is 1. The number of aliphatic hydroxyl groups is 1. The number of para-hydroxylation sites is 1. The highest BCUT2D eigenvalue weighted by Crippen LogP contribution is 2.38. The van der Waals surface area contributed by atoms with E-state index in [9.17, 15) is 13.5 Å². The van der Waals surface area contributed by atoms with Gasteiger partial charge < -0.3 is 14.6 Å². The number of aromatic nitrogens is 6. The first-order chi connectivity index (χ1) is 17.7. The summed E-state index contributed by atoms with van der Waals surface area (Å²) in [6.45, 7) is 4.98. The first-order valence-electron chi connectivity index (χ1n) is 11.2. The number of ether oxygens (including phenoxy) is 2. The van der Waals surface area contributed by atoms with Crippen molar-refractivity contribution < 1.29 is 23.0 Å². The minimum atomic E-state index is -4.21. The van der Waals surface area contributed by atoms with Crippen LogP contribution in [0.1, 0.15) is 30.0 Å². The molecular weight excluding hydrogens is 498 g/mol. The highest BCUT2D eigenvalue weighted by atomic mass is 32.2. The van der Waals surface area contributed by atoms with Crippen molar-refractivity contribution in [2.45, 2.75) is 32.1 Å². The van der Waals surface area contributed by atoms with Crippen molar-refractivity contribution in [1.82, 2.24) is 29.7 Å².